The van der Waals surface area contributed by atoms with Crippen LogP contribution in [0, 0.1) is 0 Å². The van der Waals surface area contributed by atoms with Gasteiger partial charge in [0.1, 0.15) is 18.0 Å². The van der Waals surface area contributed by atoms with Crippen molar-refractivity contribution in [2.45, 2.75) is 32.2 Å². The van der Waals surface area contributed by atoms with Crippen molar-refractivity contribution in [1.29, 1.82) is 0 Å². The van der Waals surface area contributed by atoms with Crippen LogP contribution in [-0.4, -0.2) is 26.1 Å². The molecule has 0 spiro atoms. The molecule has 2 aromatic rings. The zero-order valence-corrected chi connectivity index (χ0v) is 12.1. The van der Waals surface area contributed by atoms with Crippen LogP contribution in [0.4, 0.5) is 5.82 Å². The van der Waals surface area contributed by atoms with Crippen LogP contribution in [0.5, 0.6) is 0 Å². The molecular formula is C14H22N6. The van der Waals surface area contributed by atoms with Gasteiger partial charge in [0.15, 0.2) is 0 Å². The normalized spacial score (nSPS) is 12.3. The average molecular weight is 274 g/mol. The van der Waals surface area contributed by atoms with Gasteiger partial charge < -0.3 is 15.6 Å². The van der Waals surface area contributed by atoms with E-state index < -0.39 is 0 Å². The summed E-state index contributed by atoms with van der Waals surface area (Å²) in [4.78, 5) is 12.9. The first-order valence-corrected chi connectivity index (χ1v) is 6.99. The standard InChI is InChI=1S/C14H22N6/c1-3-4-12(14-16-7-8-20(14)2)19-13-9-11(5-6-15)17-10-18-13/h7-10,12H,3-6,15H2,1-2H3,(H,17,18,19). The van der Waals surface area contributed by atoms with Gasteiger partial charge in [-0.2, -0.15) is 0 Å². The molecule has 0 aliphatic heterocycles. The number of hydrogen-bond acceptors (Lipinski definition) is 5. The Bertz CT molecular complexity index is 536. The minimum atomic E-state index is 0.153. The average Bonchev–Trinajstić information content (AvgIpc) is 2.85. The van der Waals surface area contributed by atoms with Crippen LogP contribution in [0.15, 0.2) is 24.8 Å². The molecule has 0 aromatic carbocycles. The Morgan fingerprint density at radius 3 is 2.85 bits per heavy atom. The topological polar surface area (TPSA) is 81.7 Å². The molecule has 3 N–H and O–H groups in total. The fraction of sp³-hybridized carbons (Fsp3) is 0.500. The molecule has 2 heterocycles. The van der Waals surface area contributed by atoms with Crippen molar-refractivity contribution >= 4 is 5.82 Å². The number of imidazole rings is 1. The summed E-state index contributed by atoms with van der Waals surface area (Å²) in [6.45, 7) is 2.76. The summed E-state index contributed by atoms with van der Waals surface area (Å²) in [7, 11) is 2.01. The number of nitrogens with two attached hydrogens (primary N) is 1. The predicted octanol–water partition coefficient (Wildman–Crippen LogP) is 1.66. The second kappa shape index (κ2) is 7.00. The van der Waals surface area contributed by atoms with Crippen LogP contribution in [0.25, 0.3) is 0 Å². The summed E-state index contributed by atoms with van der Waals surface area (Å²) in [6, 6.07) is 2.11. The van der Waals surface area contributed by atoms with Crippen LogP contribution >= 0.6 is 0 Å². The Hall–Kier alpha value is -1.95. The summed E-state index contributed by atoms with van der Waals surface area (Å²) in [5.74, 6) is 1.84. The van der Waals surface area contributed by atoms with Crippen molar-refractivity contribution in [2.24, 2.45) is 12.8 Å². The molecule has 0 saturated heterocycles. The van der Waals surface area contributed by atoms with Gasteiger partial charge >= 0.3 is 0 Å². The minimum absolute atomic E-state index is 0.153. The number of anilines is 1. The molecule has 1 unspecified atom stereocenters. The quantitative estimate of drug-likeness (QED) is 0.802. The Morgan fingerprint density at radius 2 is 2.20 bits per heavy atom. The van der Waals surface area contributed by atoms with Gasteiger partial charge in [0.2, 0.25) is 0 Å². The van der Waals surface area contributed by atoms with Gasteiger partial charge in [-0.15, -0.1) is 0 Å². The lowest BCUT2D eigenvalue weighted by atomic mass is 10.1. The van der Waals surface area contributed by atoms with Crippen molar-refractivity contribution in [3.8, 4) is 0 Å². The second-order valence-corrected chi connectivity index (χ2v) is 4.82. The summed E-state index contributed by atoms with van der Waals surface area (Å²) in [5, 5.41) is 3.45. The maximum atomic E-state index is 5.56. The largest absolute Gasteiger partial charge is 0.360 e. The van der Waals surface area contributed by atoms with Gasteiger partial charge in [-0.3, -0.25) is 0 Å². The van der Waals surface area contributed by atoms with Crippen molar-refractivity contribution in [3.63, 3.8) is 0 Å². The first-order valence-electron chi connectivity index (χ1n) is 6.99. The zero-order valence-electron chi connectivity index (χ0n) is 12.1. The molecule has 0 saturated carbocycles. The van der Waals surface area contributed by atoms with Crippen LogP contribution in [0.2, 0.25) is 0 Å². The Labute approximate surface area is 119 Å². The van der Waals surface area contributed by atoms with Gasteiger partial charge in [0, 0.05) is 37.6 Å². The highest BCUT2D eigenvalue weighted by Crippen LogP contribution is 2.21. The molecule has 0 aliphatic rings. The number of aryl methyl sites for hydroxylation is 1. The van der Waals surface area contributed by atoms with Gasteiger partial charge in [-0.05, 0) is 13.0 Å². The molecule has 0 fully saturated rings. The SMILES string of the molecule is CCCC(Nc1cc(CCN)ncn1)c1nccn1C. The monoisotopic (exact) mass is 274 g/mol. The molecule has 0 bridgehead atoms. The Balaban J connectivity index is 2.16. The fourth-order valence-electron chi connectivity index (χ4n) is 2.21. The molecule has 108 valence electrons. The lowest BCUT2D eigenvalue weighted by Gasteiger charge is -2.18. The molecule has 0 amide bonds. The third-order valence-corrected chi connectivity index (χ3v) is 3.19. The van der Waals surface area contributed by atoms with Crippen molar-refractivity contribution in [3.05, 3.63) is 36.3 Å². The van der Waals surface area contributed by atoms with E-state index in [9.17, 15) is 0 Å². The molecule has 0 aliphatic carbocycles. The van der Waals surface area contributed by atoms with Gasteiger partial charge in [0.25, 0.3) is 0 Å². The van der Waals surface area contributed by atoms with Crippen molar-refractivity contribution in [2.75, 3.05) is 11.9 Å². The lowest BCUT2D eigenvalue weighted by molar-refractivity contribution is 0.610. The van der Waals surface area contributed by atoms with E-state index in [4.69, 9.17) is 5.73 Å². The summed E-state index contributed by atoms with van der Waals surface area (Å²) >= 11 is 0. The van der Waals surface area contributed by atoms with Gasteiger partial charge in [-0.25, -0.2) is 15.0 Å². The lowest BCUT2D eigenvalue weighted by Crippen LogP contribution is -2.16. The Kier molecular flexibility index (Phi) is 5.06. The molecular weight excluding hydrogens is 252 g/mol. The van der Waals surface area contributed by atoms with E-state index in [1.54, 1.807) is 6.33 Å². The third-order valence-electron chi connectivity index (χ3n) is 3.19. The predicted molar refractivity (Wildman–Crippen MR) is 79.3 cm³/mol. The van der Waals surface area contributed by atoms with E-state index in [1.807, 2.05) is 30.1 Å². The van der Waals surface area contributed by atoms with Gasteiger partial charge in [-0.1, -0.05) is 13.3 Å². The van der Waals surface area contributed by atoms with E-state index in [0.717, 1.165) is 36.6 Å². The highest BCUT2D eigenvalue weighted by Gasteiger charge is 2.15. The van der Waals surface area contributed by atoms with Crippen LogP contribution < -0.4 is 11.1 Å². The molecule has 6 heteroatoms. The summed E-state index contributed by atoms with van der Waals surface area (Å²) < 4.78 is 2.04. The highest BCUT2D eigenvalue weighted by molar-refractivity contribution is 5.37. The first kappa shape index (κ1) is 14.5. The second-order valence-electron chi connectivity index (χ2n) is 4.82. The number of nitrogens with zero attached hydrogens (tertiary/aromatic N) is 4. The number of hydrogen-bond donors (Lipinski definition) is 2. The molecule has 6 nitrogen and oxygen atoms in total. The Morgan fingerprint density at radius 1 is 1.35 bits per heavy atom. The maximum Gasteiger partial charge on any atom is 0.131 e. The first-order chi connectivity index (χ1) is 9.74. The van der Waals surface area contributed by atoms with Gasteiger partial charge in [0.05, 0.1) is 6.04 Å². The molecule has 2 rings (SSSR count). The number of aromatic nitrogens is 4. The van der Waals surface area contributed by atoms with Crippen LogP contribution in [0.3, 0.4) is 0 Å². The van der Waals surface area contributed by atoms with Crippen molar-refractivity contribution in [1.82, 2.24) is 19.5 Å². The van der Waals surface area contributed by atoms with E-state index in [2.05, 4.69) is 27.2 Å². The molecule has 2 aromatic heterocycles. The number of rotatable bonds is 7. The maximum absolute atomic E-state index is 5.56. The third kappa shape index (κ3) is 3.54. The van der Waals surface area contributed by atoms with Crippen molar-refractivity contribution < 1.29 is 0 Å². The van der Waals surface area contributed by atoms with Crippen LogP contribution in [-0.2, 0) is 13.5 Å². The van der Waals surface area contributed by atoms with E-state index in [-0.39, 0.29) is 6.04 Å². The van der Waals surface area contributed by atoms with E-state index in [1.165, 1.54) is 0 Å². The molecule has 0 radical (unpaired) electrons. The zero-order chi connectivity index (χ0) is 14.4. The van der Waals surface area contributed by atoms with E-state index >= 15 is 0 Å². The molecule has 1 atom stereocenters. The summed E-state index contributed by atoms with van der Waals surface area (Å²) in [6.07, 6.45) is 8.19. The van der Waals surface area contributed by atoms with Crippen LogP contribution in [0.1, 0.15) is 37.3 Å². The minimum Gasteiger partial charge on any atom is -0.360 e. The highest BCUT2D eigenvalue weighted by atomic mass is 15.1. The fourth-order valence-corrected chi connectivity index (χ4v) is 2.21. The summed E-state index contributed by atoms with van der Waals surface area (Å²) in [5.41, 5.74) is 6.52. The van der Waals surface area contributed by atoms with E-state index in [0.29, 0.717) is 6.54 Å². The smallest absolute Gasteiger partial charge is 0.131 e. The molecule has 20 heavy (non-hydrogen) atoms. The number of nitrogens with one attached hydrogen (secondary N) is 1.